The van der Waals surface area contributed by atoms with Crippen LogP contribution in [-0.4, -0.2) is 41.1 Å². The van der Waals surface area contributed by atoms with Crippen LogP contribution in [0.1, 0.15) is 43.5 Å². The summed E-state index contributed by atoms with van der Waals surface area (Å²) in [5, 5.41) is 5.21. The molecule has 37 heavy (non-hydrogen) atoms. The van der Waals surface area contributed by atoms with Crippen LogP contribution >= 0.6 is 0 Å². The third kappa shape index (κ3) is 7.79. The third-order valence-corrected chi connectivity index (χ3v) is 5.72. The molecule has 2 atom stereocenters. The van der Waals surface area contributed by atoms with Gasteiger partial charge in [-0.05, 0) is 43.9 Å². The maximum Gasteiger partial charge on any atom is 0.412 e. The molecule has 1 aliphatic rings. The lowest BCUT2D eigenvalue weighted by atomic mass is 10.1. The molecule has 3 amide bonds. The fourth-order valence-electron chi connectivity index (χ4n) is 3.94. The monoisotopic (exact) mass is 510 g/mol. The maximum atomic E-state index is 13.1. The fourth-order valence-corrected chi connectivity index (χ4v) is 3.94. The predicted molar refractivity (Wildman–Crippen MR) is 134 cm³/mol. The number of carbonyl (C=O) groups excluding carboxylic acids is 4. The molecule has 4 N–H and O–H groups in total. The Morgan fingerprint density at radius 1 is 1.14 bits per heavy atom. The van der Waals surface area contributed by atoms with Gasteiger partial charge in [-0.25, -0.2) is 9.59 Å². The molecular formula is C26H30N4O7. The molecule has 3 rings (SSSR count). The number of hydrogen-bond donors (Lipinski definition) is 3. The molecule has 2 heterocycles. The van der Waals surface area contributed by atoms with Crippen LogP contribution in [-0.2, 0) is 36.9 Å². The Labute approximate surface area is 213 Å². The van der Waals surface area contributed by atoms with E-state index >= 15 is 0 Å². The van der Waals surface area contributed by atoms with Crippen molar-refractivity contribution in [1.29, 1.82) is 0 Å². The second-order valence-electron chi connectivity index (χ2n) is 8.39. The second-order valence-corrected chi connectivity index (χ2v) is 8.39. The number of aromatic nitrogens is 1. The standard InChI is InChI=1S/C26H30N4O7/c1-2-36-23(32)15-9-18(8-14-22(27)31)28-24(33)21-13-11-19-10-12-20(25(34)30(19)21)29-26(35)37-16-17-6-4-3-5-7-17/h3-7,9-10,12,15,18,21H,2,8,11,13-14,16H2,1H3,(H2,27,31)(H,28,33)(H,29,35). The number of anilines is 1. The minimum atomic E-state index is -0.836. The lowest BCUT2D eigenvalue weighted by Gasteiger charge is -2.20. The van der Waals surface area contributed by atoms with Gasteiger partial charge in [0, 0.05) is 24.2 Å². The summed E-state index contributed by atoms with van der Waals surface area (Å²) in [5.41, 5.74) is 6.11. The van der Waals surface area contributed by atoms with E-state index < -0.39 is 41.5 Å². The van der Waals surface area contributed by atoms with Crippen molar-refractivity contribution in [3.8, 4) is 0 Å². The van der Waals surface area contributed by atoms with Gasteiger partial charge in [0.15, 0.2) is 0 Å². The number of amides is 3. The van der Waals surface area contributed by atoms with Gasteiger partial charge in [0.05, 0.1) is 6.61 Å². The molecule has 1 aliphatic heterocycles. The van der Waals surface area contributed by atoms with Crippen LogP contribution in [0.15, 0.2) is 59.4 Å². The summed E-state index contributed by atoms with van der Waals surface area (Å²) in [4.78, 5) is 61.5. The van der Waals surface area contributed by atoms with Crippen LogP contribution in [0.3, 0.4) is 0 Å². The van der Waals surface area contributed by atoms with Gasteiger partial charge < -0.3 is 20.5 Å². The molecular weight excluding hydrogens is 480 g/mol. The number of nitrogens with zero attached hydrogens (tertiary/aromatic N) is 1. The summed E-state index contributed by atoms with van der Waals surface area (Å²) >= 11 is 0. The zero-order valence-corrected chi connectivity index (χ0v) is 20.5. The van der Waals surface area contributed by atoms with Crippen molar-refractivity contribution in [1.82, 2.24) is 9.88 Å². The van der Waals surface area contributed by atoms with Gasteiger partial charge in [-0.2, -0.15) is 0 Å². The van der Waals surface area contributed by atoms with Gasteiger partial charge >= 0.3 is 12.1 Å². The number of hydrogen-bond acceptors (Lipinski definition) is 7. The molecule has 0 fully saturated rings. The summed E-state index contributed by atoms with van der Waals surface area (Å²) in [6, 6.07) is 10.7. The van der Waals surface area contributed by atoms with Crippen molar-refractivity contribution in [3.63, 3.8) is 0 Å². The summed E-state index contributed by atoms with van der Waals surface area (Å²) < 4.78 is 11.4. The van der Waals surface area contributed by atoms with Gasteiger partial charge in [-0.15, -0.1) is 0 Å². The molecule has 0 spiro atoms. The van der Waals surface area contributed by atoms with Crippen molar-refractivity contribution >= 4 is 29.6 Å². The van der Waals surface area contributed by atoms with Crippen molar-refractivity contribution in [3.05, 3.63) is 76.2 Å². The van der Waals surface area contributed by atoms with E-state index in [0.29, 0.717) is 18.5 Å². The molecule has 0 bridgehead atoms. The van der Waals surface area contributed by atoms with Crippen LogP contribution in [0.5, 0.6) is 0 Å². The maximum absolute atomic E-state index is 13.1. The predicted octanol–water partition coefficient (Wildman–Crippen LogP) is 1.95. The Kier molecular flexibility index (Phi) is 9.59. The Morgan fingerprint density at radius 2 is 1.89 bits per heavy atom. The van der Waals surface area contributed by atoms with Crippen molar-refractivity contribution in [2.24, 2.45) is 5.73 Å². The van der Waals surface area contributed by atoms with E-state index in [4.69, 9.17) is 15.2 Å². The first-order valence-corrected chi connectivity index (χ1v) is 11.9. The van der Waals surface area contributed by atoms with E-state index in [1.165, 1.54) is 22.8 Å². The third-order valence-electron chi connectivity index (χ3n) is 5.72. The Bertz CT molecular complexity index is 1220. The minimum Gasteiger partial charge on any atom is -0.463 e. The normalized spacial score (nSPS) is 15.0. The summed E-state index contributed by atoms with van der Waals surface area (Å²) in [6.45, 7) is 1.90. The van der Waals surface area contributed by atoms with Gasteiger partial charge in [-0.1, -0.05) is 36.4 Å². The highest BCUT2D eigenvalue weighted by molar-refractivity contribution is 5.85. The lowest BCUT2D eigenvalue weighted by molar-refractivity contribution is -0.137. The van der Waals surface area contributed by atoms with E-state index in [0.717, 1.165) is 5.56 Å². The highest BCUT2D eigenvalue weighted by Gasteiger charge is 2.31. The highest BCUT2D eigenvalue weighted by Crippen LogP contribution is 2.25. The average Bonchev–Trinajstić information content (AvgIpc) is 3.32. The molecule has 0 aliphatic carbocycles. The number of benzene rings is 1. The van der Waals surface area contributed by atoms with Crippen LogP contribution in [0.2, 0.25) is 0 Å². The lowest BCUT2D eigenvalue weighted by Crippen LogP contribution is -2.41. The number of rotatable bonds is 11. The molecule has 1 aromatic carbocycles. The fraction of sp³-hybridized carbons (Fsp3) is 0.346. The number of nitrogens with two attached hydrogens (primary N) is 1. The van der Waals surface area contributed by atoms with Crippen LogP contribution in [0, 0.1) is 0 Å². The molecule has 2 aromatic rings. The Hall–Kier alpha value is -4.41. The number of ether oxygens (including phenoxy) is 2. The van der Waals surface area contributed by atoms with E-state index in [1.54, 1.807) is 25.1 Å². The smallest absolute Gasteiger partial charge is 0.412 e. The quantitative estimate of drug-likeness (QED) is 0.308. The highest BCUT2D eigenvalue weighted by atomic mass is 16.5. The summed E-state index contributed by atoms with van der Waals surface area (Å²) in [7, 11) is 0. The van der Waals surface area contributed by atoms with Crippen molar-refractivity contribution in [2.75, 3.05) is 11.9 Å². The number of pyridine rings is 1. The molecule has 0 saturated heterocycles. The first-order valence-electron chi connectivity index (χ1n) is 11.9. The zero-order chi connectivity index (χ0) is 26.8. The molecule has 2 unspecified atom stereocenters. The van der Waals surface area contributed by atoms with Gasteiger partial charge in [0.1, 0.15) is 18.3 Å². The zero-order valence-electron chi connectivity index (χ0n) is 20.5. The molecule has 196 valence electrons. The van der Waals surface area contributed by atoms with E-state index in [9.17, 15) is 24.0 Å². The number of fused-ring (bicyclic) bond motifs is 1. The van der Waals surface area contributed by atoms with Gasteiger partial charge in [-0.3, -0.25) is 24.3 Å². The second kappa shape index (κ2) is 13.1. The largest absolute Gasteiger partial charge is 0.463 e. The minimum absolute atomic E-state index is 0.0154. The van der Waals surface area contributed by atoms with Crippen molar-refractivity contribution in [2.45, 2.75) is 51.3 Å². The SMILES string of the molecule is CCOC(=O)C=CC(CCC(N)=O)NC(=O)C1CCc2ccc(NC(=O)OCc3ccccc3)c(=O)n21. The number of primary amides is 1. The summed E-state index contributed by atoms with van der Waals surface area (Å²) in [6.07, 6.45) is 2.81. The van der Waals surface area contributed by atoms with Crippen LogP contribution in [0.4, 0.5) is 10.5 Å². The molecule has 0 saturated carbocycles. The van der Waals surface area contributed by atoms with Crippen molar-refractivity contribution < 1.29 is 28.7 Å². The molecule has 11 nitrogen and oxygen atoms in total. The topological polar surface area (TPSA) is 159 Å². The first kappa shape index (κ1) is 27.2. The van der Waals surface area contributed by atoms with Crippen LogP contribution in [0.25, 0.3) is 0 Å². The molecule has 1 aromatic heterocycles. The first-order chi connectivity index (χ1) is 17.8. The molecule has 0 radical (unpaired) electrons. The Balaban J connectivity index is 1.70. The molecule has 11 heteroatoms. The van der Waals surface area contributed by atoms with Crippen LogP contribution < -0.4 is 21.9 Å². The number of esters is 1. The van der Waals surface area contributed by atoms with Gasteiger partial charge in [0.2, 0.25) is 11.8 Å². The van der Waals surface area contributed by atoms with E-state index in [-0.39, 0.29) is 31.7 Å². The van der Waals surface area contributed by atoms with Gasteiger partial charge in [0.25, 0.3) is 5.56 Å². The number of aryl methyl sites for hydroxylation is 1. The number of carbonyl (C=O) groups is 4. The van der Waals surface area contributed by atoms with E-state index in [1.807, 2.05) is 18.2 Å². The summed E-state index contributed by atoms with van der Waals surface area (Å²) in [5.74, 6) is -1.60. The van der Waals surface area contributed by atoms with E-state index in [2.05, 4.69) is 10.6 Å². The number of nitrogens with one attached hydrogen (secondary N) is 2. The average molecular weight is 511 g/mol. The Morgan fingerprint density at radius 3 is 2.59 bits per heavy atom.